The summed E-state index contributed by atoms with van der Waals surface area (Å²) in [5.74, 6) is 0.612. The molecule has 0 saturated heterocycles. The molecule has 0 spiro atoms. The van der Waals surface area contributed by atoms with Crippen LogP contribution in [0.2, 0.25) is 0 Å². The van der Waals surface area contributed by atoms with E-state index in [4.69, 9.17) is 10.00 Å². The molecule has 0 amide bonds. The second-order valence-corrected chi connectivity index (χ2v) is 4.14. The lowest BCUT2D eigenvalue weighted by molar-refractivity contribution is -0.137. The lowest BCUT2D eigenvalue weighted by Gasteiger charge is -2.10. The Morgan fingerprint density at radius 3 is 2.15 bits per heavy atom. The molecule has 0 aliphatic heterocycles. The molecule has 0 aliphatic carbocycles. The fourth-order valence-corrected chi connectivity index (χ4v) is 1.81. The first-order chi connectivity index (χ1) is 9.44. The first kappa shape index (κ1) is 13.9. The Morgan fingerprint density at radius 2 is 1.65 bits per heavy atom. The van der Waals surface area contributed by atoms with Crippen LogP contribution in [0.25, 0.3) is 11.1 Å². The third-order valence-electron chi connectivity index (χ3n) is 2.81. The van der Waals surface area contributed by atoms with Crippen molar-refractivity contribution in [1.82, 2.24) is 0 Å². The first-order valence-corrected chi connectivity index (χ1v) is 5.71. The van der Waals surface area contributed by atoms with Crippen LogP contribution in [0.15, 0.2) is 42.5 Å². The van der Waals surface area contributed by atoms with Crippen molar-refractivity contribution in [2.45, 2.75) is 6.18 Å². The molecular weight excluding hydrogens is 267 g/mol. The number of nitrogens with zero attached hydrogens (tertiary/aromatic N) is 1. The molecule has 0 aromatic heterocycles. The van der Waals surface area contributed by atoms with Gasteiger partial charge in [-0.1, -0.05) is 12.1 Å². The number of hydrogen-bond acceptors (Lipinski definition) is 2. The molecule has 0 bridgehead atoms. The molecule has 20 heavy (non-hydrogen) atoms. The number of halogens is 3. The summed E-state index contributed by atoms with van der Waals surface area (Å²) in [6, 6.07) is 11.7. The van der Waals surface area contributed by atoms with E-state index in [2.05, 4.69) is 0 Å². The zero-order chi connectivity index (χ0) is 14.8. The molecule has 0 radical (unpaired) electrons. The maximum absolute atomic E-state index is 12.8. The maximum atomic E-state index is 12.8. The number of rotatable bonds is 2. The van der Waals surface area contributed by atoms with Gasteiger partial charge in [-0.15, -0.1) is 0 Å². The Morgan fingerprint density at radius 1 is 1.00 bits per heavy atom. The zero-order valence-corrected chi connectivity index (χ0v) is 10.5. The standard InChI is InChI=1S/C15H10F3NO/c1-20-14-4-2-11(3-5-14)12-6-10(9-19)7-13(8-12)15(16,17)18/h2-8H,1H3. The zero-order valence-electron chi connectivity index (χ0n) is 10.5. The number of benzene rings is 2. The van der Waals surface area contributed by atoms with Crippen LogP contribution >= 0.6 is 0 Å². The van der Waals surface area contributed by atoms with Crippen LogP contribution in [0.4, 0.5) is 13.2 Å². The van der Waals surface area contributed by atoms with Gasteiger partial charge in [0.2, 0.25) is 0 Å². The molecule has 0 unspecified atom stereocenters. The van der Waals surface area contributed by atoms with Gasteiger partial charge in [0, 0.05) is 0 Å². The predicted molar refractivity (Wildman–Crippen MR) is 68.1 cm³/mol. The third-order valence-corrected chi connectivity index (χ3v) is 2.81. The van der Waals surface area contributed by atoms with Crippen molar-refractivity contribution in [3.05, 3.63) is 53.6 Å². The molecule has 2 aromatic rings. The van der Waals surface area contributed by atoms with Crippen LogP contribution in [-0.2, 0) is 6.18 Å². The van der Waals surface area contributed by atoms with Crippen molar-refractivity contribution in [2.75, 3.05) is 7.11 Å². The molecule has 0 aliphatic rings. The first-order valence-electron chi connectivity index (χ1n) is 5.71. The van der Waals surface area contributed by atoms with Crippen LogP contribution in [0, 0.1) is 11.3 Å². The Bertz CT molecular complexity index is 654. The summed E-state index contributed by atoms with van der Waals surface area (Å²) in [6.45, 7) is 0. The highest BCUT2D eigenvalue weighted by Gasteiger charge is 2.31. The highest BCUT2D eigenvalue weighted by Crippen LogP contribution is 2.33. The Labute approximate surface area is 114 Å². The lowest BCUT2D eigenvalue weighted by atomic mass is 10.00. The van der Waals surface area contributed by atoms with Crippen LogP contribution in [0.5, 0.6) is 5.75 Å². The van der Waals surface area contributed by atoms with E-state index in [0.29, 0.717) is 16.9 Å². The van der Waals surface area contributed by atoms with E-state index in [1.807, 2.05) is 0 Å². The third kappa shape index (κ3) is 2.91. The van der Waals surface area contributed by atoms with Gasteiger partial charge in [-0.3, -0.25) is 0 Å². The smallest absolute Gasteiger partial charge is 0.416 e. The Balaban J connectivity index is 2.53. The Hall–Kier alpha value is -2.48. The summed E-state index contributed by atoms with van der Waals surface area (Å²) in [5.41, 5.74) is 0.0837. The van der Waals surface area contributed by atoms with Gasteiger partial charge in [-0.2, -0.15) is 18.4 Å². The number of hydrogen-bond donors (Lipinski definition) is 0. The minimum atomic E-state index is -4.48. The van der Waals surface area contributed by atoms with E-state index in [-0.39, 0.29) is 5.56 Å². The van der Waals surface area contributed by atoms with Crippen molar-refractivity contribution in [3.8, 4) is 22.9 Å². The molecule has 0 heterocycles. The van der Waals surface area contributed by atoms with E-state index in [1.54, 1.807) is 30.3 Å². The summed E-state index contributed by atoms with van der Waals surface area (Å²) in [4.78, 5) is 0. The second-order valence-electron chi connectivity index (χ2n) is 4.14. The second kappa shape index (κ2) is 5.25. The van der Waals surface area contributed by atoms with Crippen LogP contribution in [-0.4, -0.2) is 7.11 Å². The predicted octanol–water partition coefficient (Wildman–Crippen LogP) is 4.25. The summed E-state index contributed by atoms with van der Waals surface area (Å²) in [6.07, 6.45) is -4.48. The Kier molecular flexibility index (Phi) is 3.66. The van der Waals surface area contributed by atoms with Gasteiger partial charge < -0.3 is 4.74 Å². The van der Waals surface area contributed by atoms with Crippen molar-refractivity contribution in [1.29, 1.82) is 5.26 Å². The van der Waals surface area contributed by atoms with Crippen molar-refractivity contribution < 1.29 is 17.9 Å². The van der Waals surface area contributed by atoms with E-state index in [1.165, 1.54) is 13.2 Å². The molecule has 2 nitrogen and oxygen atoms in total. The largest absolute Gasteiger partial charge is 0.497 e. The minimum absolute atomic E-state index is 0.0226. The van der Waals surface area contributed by atoms with E-state index in [0.717, 1.165) is 12.1 Å². The normalized spacial score (nSPS) is 10.9. The summed E-state index contributed by atoms with van der Waals surface area (Å²) >= 11 is 0. The van der Waals surface area contributed by atoms with Gasteiger partial charge in [-0.05, 0) is 41.5 Å². The molecule has 0 N–H and O–H groups in total. The number of alkyl halides is 3. The lowest BCUT2D eigenvalue weighted by Crippen LogP contribution is -2.05. The summed E-state index contributed by atoms with van der Waals surface area (Å²) in [5, 5.41) is 8.84. The quantitative estimate of drug-likeness (QED) is 0.822. The van der Waals surface area contributed by atoms with Gasteiger partial charge in [0.1, 0.15) is 5.75 Å². The van der Waals surface area contributed by atoms with E-state index >= 15 is 0 Å². The average molecular weight is 277 g/mol. The monoisotopic (exact) mass is 277 g/mol. The van der Waals surface area contributed by atoms with E-state index < -0.39 is 11.7 Å². The minimum Gasteiger partial charge on any atom is -0.497 e. The summed E-state index contributed by atoms with van der Waals surface area (Å²) < 4.78 is 43.4. The molecule has 0 atom stereocenters. The fourth-order valence-electron chi connectivity index (χ4n) is 1.81. The average Bonchev–Trinajstić information content (AvgIpc) is 2.46. The number of ether oxygens (including phenoxy) is 1. The number of nitriles is 1. The van der Waals surface area contributed by atoms with Crippen LogP contribution < -0.4 is 4.74 Å². The highest BCUT2D eigenvalue weighted by atomic mass is 19.4. The molecule has 2 rings (SSSR count). The van der Waals surface area contributed by atoms with Crippen molar-refractivity contribution in [2.24, 2.45) is 0 Å². The van der Waals surface area contributed by atoms with Gasteiger partial charge in [0.25, 0.3) is 0 Å². The molecule has 0 saturated carbocycles. The molecule has 2 aromatic carbocycles. The van der Waals surface area contributed by atoms with Crippen LogP contribution in [0.3, 0.4) is 0 Å². The molecule has 102 valence electrons. The molecule has 0 fully saturated rings. The van der Waals surface area contributed by atoms with Gasteiger partial charge in [0.15, 0.2) is 0 Å². The topological polar surface area (TPSA) is 33.0 Å². The highest BCUT2D eigenvalue weighted by molar-refractivity contribution is 5.67. The SMILES string of the molecule is COc1ccc(-c2cc(C#N)cc(C(F)(F)F)c2)cc1. The fraction of sp³-hybridized carbons (Fsp3) is 0.133. The van der Waals surface area contributed by atoms with Gasteiger partial charge >= 0.3 is 6.18 Å². The van der Waals surface area contributed by atoms with Crippen molar-refractivity contribution in [3.63, 3.8) is 0 Å². The maximum Gasteiger partial charge on any atom is 0.416 e. The number of methoxy groups -OCH3 is 1. The molecular formula is C15H10F3NO. The van der Waals surface area contributed by atoms with Crippen molar-refractivity contribution >= 4 is 0 Å². The van der Waals surface area contributed by atoms with Crippen LogP contribution in [0.1, 0.15) is 11.1 Å². The van der Waals surface area contributed by atoms with E-state index in [9.17, 15) is 13.2 Å². The summed E-state index contributed by atoms with van der Waals surface area (Å²) in [7, 11) is 1.51. The molecule has 5 heteroatoms. The van der Waals surface area contributed by atoms with Gasteiger partial charge in [0.05, 0.1) is 24.3 Å². The van der Waals surface area contributed by atoms with Gasteiger partial charge in [-0.25, -0.2) is 0 Å².